The second kappa shape index (κ2) is 10.6. The summed E-state index contributed by atoms with van der Waals surface area (Å²) in [6.45, 7) is 3.13. The molecule has 2 aromatic heterocycles. The first-order chi connectivity index (χ1) is 13.3. The first-order valence-corrected chi connectivity index (χ1v) is 9.08. The van der Waals surface area contributed by atoms with E-state index in [1.807, 2.05) is 24.4 Å². The SMILES string of the molecule is Cl.Cl.OC[C@H](O)COc1n[nH]c2ncc(-c3ccccc3)c(N3CCNCC3)c12. The molecule has 0 unspecified atom stereocenters. The number of nitrogens with one attached hydrogen (secondary N) is 2. The number of benzene rings is 1. The van der Waals surface area contributed by atoms with Crippen LogP contribution >= 0.6 is 24.8 Å². The summed E-state index contributed by atoms with van der Waals surface area (Å²) in [5.41, 5.74) is 3.74. The van der Waals surface area contributed by atoms with Crippen LogP contribution in [0.1, 0.15) is 0 Å². The average Bonchev–Trinajstić information content (AvgIpc) is 3.15. The van der Waals surface area contributed by atoms with E-state index in [2.05, 4.69) is 37.5 Å². The number of anilines is 1. The maximum Gasteiger partial charge on any atom is 0.244 e. The molecule has 4 rings (SSSR count). The van der Waals surface area contributed by atoms with Gasteiger partial charge in [0.2, 0.25) is 5.88 Å². The maximum atomic E-state index is 9.63. The minimum atomic E-state index is -0.954. The van der Waals surface area contributed by atoms with Crippen LogP contribution in [0, 0.1) is 0 Å². The van der Waals surface area contributed by atoms with Crippen LogP contribution < -0.4 is 15.0 Å². The zero-order chi connectivity index (χ0) is 18.6. The van der Waals surface area contributed by atoms with Gasteiger partial charge in [-0.1, -0.05) is 30.3 Å². The van der Waals surface area contributed by atoms with Crippen molar-refractivity contribution in [1.82, 2.24) is 20.5 Å². The summed E-state index contributed by atoms with van der Waals surface area (Å²) in [5, 5.41) is 30.0. The van der Waals surface area contributed by atoms with Crippen molar-refractivity contribution in [2.75, 3.05) is 44.3 Å². The van der Waals surface area contributed by atoms with Crippen LogP contribution in [0.15, 0.2) is 36.5 Å². The Hall–Kier alpha value is -2.10. The summed E-state index contributed by atoms with van der Waals surface area (Å²) >= 11 is 0. The fourth-order valence-corrected chi connectivity index (χ4v) is 3.33. The van der Waals surface area contributed by atoms with Crippen molar-refractivity contribution in [1.29, 1.82) is 0 Å². The Morgan fingerprint density at radius 1 is 1.14 bits per heavy atom. The van der Waals surface area contributed by atoms with Gasteiger partial charge in [0.25, 0.3) is 0 Å². The van der Waals surface area contributed by atoms with Gasteiger partial charge in [-0.2, -0.15) is 0 Å². The lowest BCUT2D eigenvalue weighted by Crippen LogP contribution is -2.43. The van der Waals surface area contributed by atoms with Gasteiger partial charge < -0.3 is 25.2 Å². The standard InChI is InChI=1S/C19H23N5O3.2ClH/c25-11-14(26)12-27-19-16-17(24-8-6-20-7-9-24)15(10-21-18(16)22-23-19)13-4-2-1-3-5-13;;/h1-5,10,14,20,25-26H,6-9,11-12H2,(H,21,22,23);2*1H/t14-;;/m0../s1. The second-order valence-corrected chi connectivity index (χ2v) is 6.52. The van der Waals surface area contributed by atoms with Gasteiger partial charge in [-0.3, -0.25) is 5.10 Å². The molecular formula is C19H25Cl2N5O3. The third-order valence-corrected chi connectivity index (χ3v) is 4.67. The van der Waals surface area contributed by atoms with Crippen molar-refractivity contribution in [3.8, 4) is 17.0 Å². The van der Waals surface area contributed by atoms with Crippen molar-refractivity contribution >= 4 is 41.5 Å². The molecule has 10 heteroatoms. The number of ether oxygens (including phenoxy) is 1. The maximum absolute atomic E-state index is 9.63. The number of halogens is 2. The molecule has 158 valence electrons. The minimum Gasteiger partial charge on any atom is -0.473 e. The molecule has 1 aliphatic rings. The highest BCUT2D eigenvalue weighted by Gasteiger charge is 2.23. The number of hydrogen-bond acceptors (Lipinski definition) is 7. The van der Waals surface area contributed by atoms with Gasteiger partial charge in [0, 0.05) is 37.9 Å². The molecule has 1 saturated heterocycles. The number of pyridine rings is 1. The Balaban J connectivity index is 0.00000150. The average molecular weight is 442 g/mol. The lowest BCUT2D eigenvalue weighted by atomic mass is 10.0. The number of nitrogens with zero attached hydrogens (tertiary/aromatic N) is 3. The van der Waals surface area contributed by atoms with Crippen LogP contribution in [0.5, 0.6) is 5.88 Å². The van der Waals surface area contributed by atoms with Crippen LogP contribution in [-0.4, -0.2) is 70.9 Å². The lowest BCUT2D eigenvalue weighted by molar-refractivity contribution is 0.0526. The van der Waals surface area contributed by atoms with Crippen LogP contribution in [0.25, 0.3) is 22.2 Å². The third kappa shape index (κ3) is 4.91. The van der Waals surface area contributed by atoms with Crippen LogP contribution in [0.4, 0.5) is 5.69 Å². The summed E-state index contributed by atoms with van der Waals surface area (Å²) in [5.74, 6) is 0.385. The number of fused-ring (bicyclic) bond motifs is 1. The quantitative estimate of drug-likeness (QED) is 0.460. The normalized spacial score (nSPS) is 14.8. The fourth-order valence-electron chi connectivity index (χ4n) is 3.33. The Kier molecular flexibility index (Phi) is 8.48. The molecule has 0 saturated carbocycles. The van der Waals surface area contributed by atoms with E-state index in [9.17, 15) is 5.11 Å². The first-order valence-electron chi connectivity index (χ1n) is 9.08. The second-order valence-electron chi connectivity index (χ2n) is 6.52. The number of H-pyrrole nitrogens is 1. The number of aromatic amines is 1. The zero-order valence-corrected chi connectivity index (χ0v) is 17.4. The van der Waals surface area contributed by atoms with E-state index in [-0.39, 0.29) is 38.0 Å². The predicted octanol–water partition coefficient (Wildman–Crippen LogP) is 1.61. The number of hydrogen-bond donors (Lipinski definition) is 4. The molecule has 1 fully saturated rings. The fraction of sp³-hybridized carbons (Fsp3) is 0.368. The minimum absolute atomic E-state index is 0. The molecule has 1 aromatic carbocycles. The highest BCUT2D eigenvalue weighted by molar-refractivity contribution is 6.01. The lowest BCUT2D eigenvalue weighted by Gasteiger charge is -2.31. The molecule has 0 spiro atoms. The molecule has 0 aliphatic carbocycles. The highest BCUT2D eigenvalue weighted by Crippen LogP contribution is 2.40. The van der Waals surface area contributed by atoms with Gasteiger partial charge in [-0.15, -0.1) is 29.9 Å². The van der Waals surface area contributed by atoms with Crippen molar-refractivity contribution in [3.05, 3.63) is 36.5 Å². The summed E-state index contributed by atoms with van der Waals surface area (Å²) in [6.07, 6.45) is 0.907. The van der Waals surface area contributed by atoms with Crippen LogP contribution in [0.3, 0.4) is 0 Å². The van der Waals surface area contributed by atoms with Gasteiger partial charge in [-0.25, -0.2) is 4.98 Å². The molecule has 3 heterocycles. The summed E-state index contributed by atoms with van der Waals surface area (Å²) in [7, 11) is 0. The Labute approximate surface area is 181 Å². The van der Waals surface area contributed by atoms with E-state index in [0.717, 1.165) is 48.4 Å². The van der Waals surface area contributed by atoms with E-state index in [0.29, 0.717) is 11.5 Å². The van der Waals surface area contributed by atoms with Gasteiger partial charge in [0.15, 0.2) is 5.65 Å². The van der Waals surface area contributed by atoms with Crippen molar-refractivity contribution in [2.45, 2.75) is 6.10 Å². The molecule has 0 radical (unpaired) electrons. The summed E-state index contributed by atoms with van der Waals surface area (Å²) in [6, 6.07) is 10.1. The summed E-state index contributed by atoms with van der Waals surface area (Å²) < 4.78 is 5.70. The number of aliphatic hydroxyl groups is 2. The molecule has 29 heavy (non-hydrogen) atoms. The molecule has 8 nitrogen and oxygen atoms in total. The highest BCUT2D eigenvalue weighted by atomic mass is 35.5. The monoisotopic (exact) mass is 441 g/mol. The van der Waals surface area contributed by atoms with Gasteiger partial charge in [0.1, 0.15) is 18.1 Å². The molecule has 1 aliphatic heterocycles. The number of aromatic nitrogens is 3. The van der Waals surface area contributed by atoms with Crippen molar-refractivity contribution in [2.24, 2.45) is 0 Å². The largest absolute Gasteiger partial charge is 0.473 e. The number of piperazine rings is 1. The topological polar surface area (TPSA) is 107 Å². The van der Waals surface area contributed by atoms with E-state index in [1.54, 1.807) is 0 Å². The van der Waals surface area contributed by atoms with Gasteiger partial charge in [-0.05, 0) is 5.56 Å². The Morgan fingerprint density at radius 2 is 1.86 bits per heavy atom. The van der Waals surface area contributed by atoms with E-state index in [4.69, 9.17) is 9.84 Å². The third-order valence-electron chi connectivity index (χ3n) is 4.67. The molecule has 0 bridgehead atoms. The number of aliphatic hydroxyl groups excluding tert-OH is 2. The van der Waals surface area contributed by atoms with Crippen LogP contribution in [-0.2, 0) is 0 Å². The first kappa shape index (κ1) is 23.2. The summed E-state index contributed by atoms with van der Waals surface area (Å²) in [4.78, 5) is 6.84. The molecule has 0 amide bonds. The Bertz CT molecular complexity index is 904. The molecule has 1 atom stereocenters. The zero-order valence-electron chi connectivity index (χ0n) is 15.7. The Morgan fingerprint density at radius 3 is 2.55 bits per heavy atom. The van der Waals surface area contributed by atoms with Crippen molar-refractivity contribution < 1.29 is 14.9 Å². The molecule has 3 aromatic rings. The van der Waals surface area contributed by atoms with Crippen LogP contribution in [0.2, 0.25) is 0 Å². The van der Waals surface area contributed by atoms with Crippen molar-refractivity contribution in [3.63, 3.8) is 0 Å². The van der Waals surface area contributed by atoms with Gasteiger partial charge >= 0.3 is 0 Å². The number of rotatable bonds is 6. The molecular weight excluding hydrogens is 417 g/mol. The van der Waals surface area contributed by atoms with E-state index >= 15 is 0 Å². The van der Waals surface area contributed by atoms with Gasteiger partial charge in [0.05, 0.1) is 12.3 Å². The predicted molar refractivity (Wildman–Crippen MR) is 117 cm³/mol. The molecule has 4 N–H and O–H groups in total. The van der Waals surface area contributed by atoms with E-state index < -0.39 is 6.10 Å². The smallest absolute Gasteiger partial charge is 0.244 e. The van der Waals surface area contributed by atoms with E-state index in [1.165, 1.54) is 0 Å².